The Bertz CT molecular complexity index is 166. The van der Waals surface area contributed by atoms with Gasteiger partial charge in [-0.05, 0) is 12.8 Å². The van der Waals surface area contributed by atoms with Gasteiger partial charge >= 0.3 is 0 Å². The third-order valence-corrected chi connectivity index (χ3v) is 2.85. The number of ether oxygens (including phenoxy) is 2. The van der Waals surface area contributed by atoms with Gasteiger partial charge in [-0.15, -0.1) is 0 Å². The first-order valence-electron chi connectivity index (χ1n) is 6.24. The van der Waals surface area contributed by atoms with E-state index in [0.29, 0.717) is 19.8 Å². The van der Waals surface area contributed by atoms with Crippen LogP contribution in [0.5, 0.6) is 0 Å². The van der Waals surface area contributed by atoms with E-state index in [1.54, 1.807) is 7.11 Å². The van der Waals surface area contributed by atoms with Crippen molar-refractivity contribution in [2.24, 2.45) is 5.73 Å². The summed E-state index contributed by atoms with van der Waals surface area (Å²) in [6, 6.07) is -0.140. The maximum Gasteiger partial charge on any atom is 0.103 e. The number of hydrogen-bond acceptors (Lipinski definition) is 4. The molecule has 1 rings (SSSR count). The third kappa shape index (κ3) is 5.25. The van der Waals surface area contributed by atoms with Crippen molar-refractivity contribution in [3.8, 4) is 0 Å². The molecule has 0 amide bonds. The fourth-order valence-corrected chi connectivity index (χ4v) is 1.82. The predicted molar refractivity (Wildman–Crippen MR) is 65.4 cm³/mol. The quantitative estimate of drug-likeness (QED) is 0.703. The molecule has 0 aliphatic heterocycles. The summed E-state index contributed by atoms with van der Waals surface area (Å²) >= 11 is 0. The van der Waals surface area contributed by atoms with Gasteiger partial charge in [0, 0.05) is 13.2 Å². The van der Waals surface area contributed by atoms with Crippen molar-refractivity contribution in [2.45, 2.75) is 51.2 Å². The smallest absolute Gasteiger partial charge is 0.103 e. The Morgan fingerprint density at radius 2 is 2.00 bits per heavy atom. The maximum atomic E-state index is 10.1. The van der Waals surface area contributed by atoms with E-state index in [1.807, 2.05) is 13.8 Å². The fraction of sp³-hybridized carbons (Fsp3) is 1.00. The zero-order valence-electron chi connectivity index (χ0n) is 10.9. The molecule has 0 aromatic heterocycles. The molecule has 0 spiro atoms. The minimum atomic E-state index is -0.814. The summed E-state index contributed by atoms with van der Waals surface area (Å²) in [5, 5.41) is 10.1. The molecule has 0 aromatic carbocycles. The summed E-state index contributed by atoms with van der Waals surface area (Å²) in [4.78, 5) is 0. The first-order valence-corrected chi connectivity index (χ1v) is 6.24. The summed E-state index contributed by atoms with van der Waals surface area (Å²) in [5.41, 5.74) is 5.05. The first-order chi connectivity index (χ1) is 7.69. The molecule has 1 aliphatic carbocycles. The average molecular weight is 233 g/mol. The highest BCUT2D eigenvalue weighted by atomic mass is 16.5. The topological polar surface area (TPSA) is 64.7 Å². The SMILES string of the molecule is CC.COCCOCC1(O)CCCCC1N. The molecule has 3 N–H and O–H groups in total. The number of aliphatic hydroxyl groups is 1. The normalized spacial score (nSPS) is 29.4. The van der Waals surface area contributed by atoms with Crippen LogP contribution in [0.4, 0.5) is 0 Å². The Labute approximate surface area is 99.1 Å². The first kappa shape index (κ1) is 15.8. The van der Waals surface area contributed by atoms with E-state index in [1.165, 1.54) is 0 Å². The van der Waals surface area contributed by atoms with Crippen LogP contribution in [0, 0.1) is 0 Å². The van der Waals surface area contributed by atoms with Gasteiger partial charge in [0.15, 0.2) is 0 Å². The minimum Gasteiger partial charge on any atom is -0.386 e. The van der Waals surface area contributed by atoms with E-state index in [2.05, 4.69) is 0 Å². The van der Waals surface area contributed by atoms with Crippen LogP contribution in [-0.2, 0) is 9.47 Å². The van der Waals surface area contributed by atoms with Crippen LogP contribution in [0.3, 0.4) is 0 Å². The second-order valence-electron chi connectivity index (χ2n) is 4.00. The van der Waals surface area contributed by atoms with Crippen LogP contribution < -0.4 is 5.73 Å². The van der Waals surface area contributed by atoms with E-state index in [0.717, 1.165) is 25.7 Å². The Morgan fingerprint density at radius 3 is 2.56 bits per heavy atom. The van der Waals surface area contributed by atoms with Gasteiger partial charge in [-0.25, -0.2) is 0 Å². The van der Waals surface area contributed by atoms with Crippen molar-refractivity contribution in [1.82, 2.24) is 0 Å². The highest BCUT2D eigenvalue weighted by Gasteiger charge is 2.36. The molecule has 0 heterocycles. The molecule has 0 saturated heterocycles. The summed E-state index contributed by atoms with van der Waals surface area (Å²) < 4.78 is 10.2. The van der Waals surface area contributed by atoms with Gasteiger partial charge in [0.25, 0.3) is 0 Å². The monoisotopic (exact) mass is 233 g/mol. The minimum absolute atomic E-state index is 0.140. The lowest BCUT2D eigenvalue weighted by molar-refractivity contribution is -0.0859. The van der Waals surface area contributed by atoms with Gasteiger partial charge in [-0.3, -0.25) is 0 Å². The van der Waals surface area contributed by atoms with Crippen LogP contribution in [-0.4, -0.2) is 43.7 Å². The number of hydrogen-bond donors (Lipinski definition) is 2. The Hall–Kier alpha value is -0.160. The van der Waals surface area contributed by atoms with E-state index in [4.69, 9.17) is 15.2 Å². The second-order valence-corrected chi connectivity index (χ2v) is 4.00. The predicted octanol–water partition coefficient (Wildman–Crippen LogP) is 1.31. The highest BCUT2D eigenvalue weighted by molar-refractivity contribution is 4.92. The lowest BCUT2D eigenvalue weighted by atomic mass is 9.81. The Morgan fingerprint density at radius 1 is 1.31 bits per heavy atom. The van der Waals surface area contributed by atoms with E-state index < -0.39 is 5.60 Å². The molecule has 0 radical (unpaired) electrons. The second kappa shape index (κ2) is 8.93. The summed E-state index contributed by atoms with van der Waals surface area (Å²) in [6.45, 7) is 5.41. The standard InChI is InChI=1S/C10H21NO3.C2H6/c1-13-6-7-14-8-10(12)5-3-2-4-9(10)11;1-2/h9,12H,2-8,11H2,1H3;1-2H3. The van der Waals surface area contributed by atoms with Gasteiger partial charge in [0.2, 0.25) is 0 Å². The molecule has 98 valence electrons. The van der Waals surface area contributed by atoms with Crippen LogP contribution in [0.2, 0.25) is 0 Å². The van der Waals surface area contributed by atoms with Gasteiger partial charge in [-0.1, -0.05) is 26.7 Å². The molecule has 16 heavy (non-hydrogen) atoms. The molecule has 0 bridgehead atoms. The Kier molecular flexibility index (Phi) is 8.84. The number of methoxy groups -OCH3 is 1. The molecule has 1 aliphatic rings. The molecule has 2 atom stereocenters. The van der Waals surface area contributed by atoms with Crippen LogP contribution in [0.1, 0.15) is 39.5 Å². The Balaban J connectivity index is 0.00000106. The van der Waals surface area contributed by atoms with Crippen molar-refractivity contribution < 1.29 is 14.6 Å². The molecule has 4 heteroatoms. The van der Waals surface area contributed by atoms with Crippen molar-refractivity contribution in [1.29, 1.82) is 0 Å². The largest absolute Gasteiger partial charge is 0.386 e. The van der Waals surface area contributed by atoms with Gasteiger partial charge < -0.3 is 20.3 Å². The molecule has 0 aromatic rings. The van der Waals surface area contributed by atoms with E-state index in [9.17, 15) is 5.11 Å². The maximum absolute atomic E-state index is 10.1. The van der Waals surface area contributed by atoms with Crippen molar-refractivity contribution >= 4 is 0 Å². The lowest BCUT2D eigenvalue weighted by Crippen LogP contribution is -2.53. The molecular weight excluding hydrogens is 206 g/mol. The van der Waals surface area contributed by atoms with Crippen LogP contribution in [0.15, 0.2) is 0 Å². The molecule has 1 saturated carbocycles. The number of rotatable bonds is 5. The zero-order valence-corrected chi connectivity index (χ0v) is 10.9. The fourth-order valence-electron chi connectivity index (χ4n) is 1.82. The number of nitrogens with two attached hydrogens (primary N) is 1. The van der Waals surface area contributed by atoms with Crippen LogP contribution >= 0.6 is 0 Å². The van der Waals surface area contributed by atoms with Crippen molar-refractivity contribution in [2.75, 3.05) is 26.9 Å². The molecular formula is C12H27NO3. The van der Waals surface area contributed by atoms with Gasteiger partial charge in [0.05, 0.1) is 19.8 Å². The average Bonchev–Trinajstić information content (AvgIpc) is 2.32. The van der Waals surface area contributed by atoms with Crippen LogP contribution in [0.25, 0.3) is 0 Å². The van der Waals surface area contributed by atoms with Crippen molar-refractivity contribution in [3.05, 3.63) is 0 Å². The van der Waals surface area contributed by atoms with E-state index >= 15 is 0 Å². The summed E-state index contributed by atoms with van der Waals surface area (Å²) in [7, 11) is 1.63. The molecule has 2 unspecified atom stereocenters. The zero-order chi connectivity index (χ0) is 12.4. The molecule has 4 nitrogen and oxygen atoms in total. The third-order valence-electron chi connectivity index (χ3n) is 2.85. The lowest BCUT2D eigenvalue weighted by Gasteiger charge is -2.37. The highest BCUT2D eigenvalue weighted by Crippen LogP contribution is 2.27. The van der Waals surface area contributed by atoms with Crippen molar-refractivity contribution in [3.63, 3.8) is 0 Å². The summed E-state index contributed by atoms with van der Waals surface area (Å²) in [5.74, 6) is 0. The summed E-state index contributed by atoms with van der Waals surface area (Å²) in [6.07, 6.45) is 3.80. The van der Waals surface area contributed by atoms with Gasteiger partial charge in [-0.2, -0.15) is 0 Å². The van der Waals surface area contributed by atoms with Gasteiger partial charge in [0.1, 0.15) is 5.60 Å². The van der Waals surface area contributed by atoms with E-state index in [-0.39, 0.29) is 6.04 Å². The molecule has 1 fully saturated rings.